The van der Waals surface area contributed by atoms with Crippen LogP contribution in [0.2, 0.25) is 0 Å². The topological polar surface area (TPSA) is 45.2 Å². The Bertz CT molecular complexity index is 1260. The predicted octanol–water partition coefficient (Wildman–Crippen LogP) is 7.26. The standard InChI is InChI=1S/C27H26F5N3O/c1-17-5-3-6-21(15-17)34-25(36)23-18(2)22(19-7-9-20(10-8-19)27(30,31)32)16-33-24(23)35-13-4-11-26(28,29)12-14-35/h3,5-10,15-16H,4,11-14H2,1-2H3,(H,34,36). The molecule has 1 aliphatic heterocycles. The van der Waals surface area contributed by atoms with E-state index in [4.69, 9.17) is 0 Å². The lowest BCUT2D eigenvalue weighted by atomic mass is 9.96. The summed E-state index contributed by atoms with van der Waals surface area (Å²) < 4.78 is 67.1. The number of alkyl halides is 5. The number of hydrogen-bond acceptors (Lipinski definition) is 3. The lowest BCUT2D eigenvalue weighted by Crippen LogP contribution is -2.30. The number of amides is 1. The molecule has 4 rings (SSSR count). The van der Waals surface area contributed by atoms with Crippen LogP contribution in [-0.2, 0) is 6.18 Å². The van der Waals surface area contributed by atoms with Crippen LogP contribution in [-0.4, -0.2) is 29.9 Å². The number of aromatic nitrogens is 1. The second-order valence-corrected chi connectivity index (χ2v) is 9.09. The molecule has 0 bridgehead atoms. The maximum Gasteiger partial charge on any atom is 0.416 e. The van der Waals surface area contributed by atoms with Crippen LogP contribution in [0.1, 0.15) is 46.3 Å². The van der Waals surface area contributed by atoms with Crippen LogP contribution in [0.25, 0.3) is 11.1 Å². The van der Waals surface area contributed by atoms with Crippen LogP contribution in [0.5, 0.6) is 0 Å². The summed E-state index contributed by atoms with van der Waals surface area (Å²) in [5, 5.41) is 2.86. The summed E-state index contributed by atoms with van der Waals surface area (Å²) >= 11 is 0. The van der Waals surface area contributed by atoms with Crippen molar-refractivity contribution in [3.8, 4) is 11.1 Å². The van der Waals surface area contributed by atoms with Crippen LogP contribution >= 0.6 is 0 Å². The first-order valence-electron chi connectivity index (χ1n) is 11.6. The minimum atomic E-state index is -4.47. The molecule has 190 valence electrons. The third-order valence-corrected chi connectivity index (χ3v) is 6.36. The lowest BCUT2D eigenvalue weighted by Gasteiger charge is -2.26. The average molecular weight is 504 g/mol. The fraction of sp³-hybridized carbons (Fsp3) is 0.333. The SMILES string of the molecule is Cc1cccc(NC(=O)c2c(N3CCCC(F)(F)CC3)ncc(-c3ccc(C(F)(F)F)cc3)c2C)c1. The minimum absolute atomic E-state index is 0.0315. The summed E-state index contributed by atoms with van der Waals surface area (Å²) in [6, 6.07) is 11.8. The Kier molecular flexibility index (Phi) is 7.02. The van der Waals surface area contributed by atoms with E-state index in [2.05, 4.69) is 10.3 Å². The molecule has 0 aliphatic carbocycles. The molecule has 1 aliphatic rings. The number of hydrogen-bond donors (Lipinski definition) is 1. The smallest absolute Gasteiger partial charge is 0.356 e. The second kappa shape index (κ2) is 9.87. The summed E-state index contributed by atoms with van der Waals surface area (Å²) in [6.45, 7) is 3.92. The number of rotatable bonds is 4. The number of carbonyl (C=O) groups is 1. The van der Waals surface area contributed by atoms with Gasteiger partial charge in [0, 0.05) is 43.4 Å². The van der Waals surface area contributed by atoms with E-state index in [-0.39, 0.29) is 37.2 Å². The van der Waals surface area contributed by atoms with E-state index in [0.717, 1.165) is 17.7 Å². The molecule has 4 nitrogen and oxygen atoms in total. The Morgan fingerprint density at radius 1 is 1.03 bits per heavy atom. The molecule has 1 fully saturated rings. The number of aryl methyl sites for hydroxylation is 1. The van der Waals surface area contributed by atoms with E-state index in [0.29, 0.717) is 28.9 Å². The number of nitrogens with one attached hydrogen (secondary N) is 1. The summed E-state index contributed by atoms with van der Waals surface area (Å²) in [5.41, 5.74) is 2.38. The normalized spacial score (nSPS) is 15.9. The van der Waals surface area contributed by atoms with Gasteiger partial charge in [0.2, 0.25) is 5.92 Å². The number of benzene rings is 2. The maximum absolute atomic E-state index is 14.0. The van der Waals surface area contributed by atoms with Gasteiger partial charge in [-0.15, -0.1) is 0 Å². The van der Waals surface area contributed by atoms with Crippen molar-refractivity contribution in [2.75, 3.05) is 23.3 Å². The van der Waals surface area contributed by atoms with Crippen molar-refractivity contribution in [3.63, 3.8) is 0 Å². The van der Waals surface area contributed by atoms with E-state index in [1.165, 1.54) is 18.3 Å². The first kappa shape index (κ1) is 25.6. The molecular weight excluding hydrogens is 477 g/mol. The van der Waals surface area contributed by atoms with Crippen molar-refractivity contribution in [3.05, 3.63) is 77.0 Å². The molecule has 9 heteroatoms. The monoisotopic (exact) mass is 503 g/mol. The van der Waals surface area contributed by atoms with Crippen molar-refractivity contribution >= 4 is 17.4 Å². The summed E-state index contributed by atoms with van der Waals surface area (Å²) in [7, 11) is 0. The fourth-order valence-corrected chi connectivity index (χ4v) is 4.42. The van der Waals surface area contributed by atoms with E-state index < -0.39 is 23.6 Å². The highest BCUT2D eigenvalue weighted by molar-refractivity contribution is 6.09. The van der Waals surface area contributed by atoms with Crippen LogP contribution in [0.4, 0.5) is 33.5 Å². The van der Waals surface area contributed by atoms with Gasteiger partial charge in [0.1, 0.15) is 5.82 Å². The molecule has 1 amide bonds. The Morgan fingerprint density at radius 3 is 2.42 bits per heavy atom. The highest BCUT2D eigenvalue weighted by Gasteiger charge is 2.34. The van der Waals surface area contributed by atoms with Gasteiger partial charge < -0.3 is 10.2 Å². The van der Waals surface area contributed by atoms with Gasteiger partial charge in [-0.1, -0.05) is 24.3 Å². The molecule has 0 unspecified atom stereocenters. The predicted molar refractivity (Wildman–Crippen MR) is 130 cm³/mol. The van der Waals surface area contributed by atoms with Crippen LogP contribution in [0.15, 0.2) is 54.7 Å². The molecule has 0 saturated carbocycles. The average Bonchev–Trinajstić information content (AvgIpc) is 2.98. The largest absolute Gasteiger partial charge is 0.416 e. The van der Waals surface area contributed by atoms with Gasteiger partial charge >= 0.3 is 6.18 Å². The molecule has 0 radical (unpaired) electrons. The highest BCUT2D eigenvalue weighted by Crippen LogP contribution is 2.36. The van der Waals surface area contributed by atoms with E-state index in [9.17, 15) is 26.7 Å². The molecule has 1 saturated heterocycles. The fourth-order valence-electron chi connectivity index (χ4n) is 4.42. The Labute approximate surface area is 206 Å². The maximum atomic E-state index is 14.0. The second-order valence-electron chi connectivity index (χ2n) is 9.09. The van der Waals surface area contributed by atoms with E-state index in [1.54, 1.807) is 30.0 Å². The number of pyridine rings is 1. The van der Waals surface area contributed by atoms with Gasteiger partial charge in [-0.3, -0.25) is 4.79 Å². The van der Waals surface area contributed by atoms with Crippen LogP contribution in [0, 0.1) is 13.8 Å². The van der Waals surface area contributed by atoms with Gasteiger partial charge in [0.05, 0.1) is 11.1 Å². The van der Waals surface area contributed by atoms with Crippen LogP contribution < -0.4 is 10.2 Å². The molecule has 2 aromatic carbocycles. The van der Waals surface area contributed by atoms with Crippen molar-refractivity contribution in [2.45, 2.75) is 45.2 Å². The van der Waals surface area contributed by atoms with E-state index in [1.807, 2.05) is 13.0 Å². The number of carbonyl (C=O) groups excluding carboxylic acids is 1. The van der Waals surface area contributed by atoms with Gasteiger partial charge in [-0.05, 0) is 61.2 Å². The highest BCUT2D eigenvalue weighted by atomic mass is 19.4. The van der Waals surface area contributed by atoms with Gasteiger partial charge in [0.25, 0.3) is 5.91 Å². The Hall–Kier alpha value is -3.49. The van der Waals surface area contributed by atoms with Crippen molar-refractivity contribution in [2.24, 2.45) is 0 Å². The third kappa shape index (κ3) is 5.66. The van der Waals surface area contributed by atoms with E-state index >= 15 is 0 Å². The summed E-state index contributed by atoms with van der Waals surface area (Å²) in [5.74, 6) is -2.97. The quantitative estimate of drug-likeness (QED) is 0.381. The van der Waals surface area contributed by atoms with Gasteiger partial charge in [-0.25, -0.2) is 13.8 Å². The molecule has 1 N–H and O–H groups in total. The first-order chi connectivity index (χ1) is 16.9. The number of halogens is 5. The lowest BCUT2D eigenvalue weighted by molar-refractivity contribution is -0.137. The zero-order valence-corrected chi connectivity index (χ0v) is 19.9. The molecular formula is C27H26F5N3O. The molecule has 0 spiro atoms. The molecule has 1 aromatic heterocycles. The number of nitrogens with zero attached hydrogens (tertiary/aromatic N) is 2. The summed E-state index contributed by atoms with van der Waals surface area (Å²) in [6.07, 6.45) is -3.33. The van der Waals surface area contributed by atoms with Crippen molar-refractivity contribution in [1.29, 1.82) is 0 Å². The zero-order chi connectivity index (χ0) is 26.1. The van der Waals surface area contributed by atoms with Gasteiger partial charge in [0.15, 0.2) is 0 Å². The molecule has 36 heavy (non-hydrogen) atoms. The number of anilines is 2. The Balaban J connectivity index is 1.77. The van der Waals surface area contributed by atoms with Crippen molar-refractivity contribution < 1.29 is 26.7 Å². The first-order valence-corrected chi connectivity index (χ1v) is 11.6. The van der Waals surface area contributed by atoms with Crippen molar-refractivity contribution in [1.82, 2.24) is 4.98 Å². The Morgan fingerprint density at radius 2 is 1.75 bits per heavy atom. The molecule has 2 heterocycles. The molecule has 3 aromatic rings. The third-order valence-electron chi connectivity index (χ3n) is 6.36. The van der Waals surface area contributed by atoms with Gasteiger partial charge in [-0.2, -0.15) is 13.2 Å². The molecule has 0 atom stereocenters. The van der Waals surface area contributed by atoms with Crippen LogP contribution in [0.3, 0.4) is 0 Å². The zero-order valence-electron chi connectivity index (χ0n) is 19.9. The minimum Gasteiger partial charge on any atom is -0.356 e. The summed E-state index contributed by atoms with van der Waals surface area (Å²) in [4.78, 5) is 19.7.